The van der Waals surface area contributed by atoms with Crippen LogP contribution in [0.3, 0.4) is 0 Å². The summed E-state index contributed by atoms with van der Waals surface area (Å²) in [5, 5.41) is 0. The molecule has 1 unspecified atom stereocenters. The van der Waals surface area contributed by atoms with Gasteiger partial charge in [0, 0.05) is 27.7 Å². The van der Waals surface area contributed by atoms with Crippen LogP contribution in [0, 0.1) is 13.8 Å². The predicted molar refractivity (Wildman–Crippen MR) is 161 cm³/mol. The fourth-order valence-electron chi connectivity index (χ4n) is 5.09. The number of hydrogen-bond donors (Lipinski definition) is 0. The van der Waals surface area contributed by atoms with E-state index in [0.717, 1.165) is 46.3 Å². The Hall–Kier alpha value is -4.50. The second-order valence-corrected chi connectivity index (χ2v) is 10.1. The van der Waals surface area contributed by atoms with Crippen molar-refractivity contribution in [3.63, 3.8) is 0 Å². The molecule has 4 aromatic carbocycles. The highest BCUT2D eigenvalue weighted by atomic mass is 16.5. The third-order valence-electron chi connectivity index (χ3n) is 7.17. The first-order valence-corrected chi connectivity index (χ1v) is 13.4. The maximum atomic E-state index is 6.08. The van der Waals surface area contributed by atoms with Crippen LogP contribution in [0.1, 0.15) is 42.8 Å². The van der Waals surface area contributed by atoms with Gasteiger partial charge in [-0.05, 0) is 45.4 Å². The van der Waals surface area contributed by atoms with Crippen molar-refractivity contribution in [2.75, 3.05) is 0 Å². The van der Waals surface area contributed by atoms with E-state index in [4.69, 9.17) is 4.74 Å². The summed E-state index contributed by atoms with van der Waals surface area (Å²) in [6.07, 6.45) is 5.35. The molecule has 3 nitrogen and oxygen atoms in total. The smallest absolute Gasteiger partial charge is 0.131 e. The molecule has 0 radical (unpaired) electrons. The van der Waals surface area contributed by atoms with Crippen molar-refractivity contribution in [1.29, 1.82) is 0 Å². The molecule has 3 heteroatoms. The van der Waals surface area contributed by atoms with Crippen molar-refractivity contribution in [1.82, 2.24) is 9.97 Å². The molecule has 0 amide bonds. The molecule has 0 saturated heterocycles. The van der Waals surface area contributed by atoms with E-state index in [1.54, 1.807) is 0 Å². The van der Waals surface area contributed by atoms with Crippen molar-refractivity contribution in [3.05, 3.63) is 144 Å². The first kappa shape index (κ1) is 26.1. The molecule has 0 N–H and O–H groups in total. The summed E-state index contributed by atoms with van der Waals surface area (Å²) in [6, 6.07) is 37.3. The quantitative estimate of drug-likeness (QED) is 0.226. The zero-order valence-corrected chi connectivity index (χ0v) is 23.1. The summed E-state index contributed by atoms with van der Waals surface area (Å²) >= 11 is 0. The number of nitrogens with zero attached hydrogens (tertiary/aromatic N) is 2. The Morgan fingerprint density at radius 2 is 1.23 bits per heavy atom. The Labute approximate surface area is 231 Å². The number of rotatable bonds is 4. The van der Waals surface area contributed by atoms with Crippen LogP contribution in [0.2, 0.25) is 0 Å². The molecule has 0 saturated carbocycles. The van der Waals surface area contributed by atoms with Gasteiger partial charge in [0.2, 0.25) is 0 Å². The fourth-order valence-corrected chi connectivity index (χ4v) is 5.09. The van der Waals surface area contributed by atoms with Crippen LogP contribution >= 0.6 is 0 Å². The Morgan fingerprint density at radius 1 is 0.667 bits per heavy atom. The zero-order valence-electron chi connectivity index (χ0n) is 23.1. The van der Waals surface area contributed by atoms with Crippen molar-refractivity contribution in [2.24, 2.45) is 0 Å². The maximum Gasteiger partial charge on any atom is 0.131 e. The van der Waals surface area contributed by atoms with Crippen LogP contribution in [-0.2, 0) is 5.41 Å². The SMILES string of the molecule is C/C=C\CC1(C)c2ccccc2Oc2ccc(C)cc21.Cc1nc(-c2ccccc2)cc(-c2ccccc2)n1. The summed E-state index contributed by atoms with van der Waals surface area (Å²) in [7, 11) is 0. The highest BCUT2D eigenvalue weighted by Crippen LogP contribution is 2.50. The zero-order chi connectivity index (χ0) is 27.2. The molecule has 39 heavy (non-hydrogen) atoms. The highest BCUT2D eigenvalue weighted by Gasteiger charge is 2.37. The molecule has 5 aromatic rings. The Balaban J connectivity index is 0.000000158. The molecule has 1 atom stereocenters. The molecule has 1 aromatic heterocycles. The van der Waals surface area contributed by atoms with Gasteiger partial charge in [-0.15, -0.1) is 0 Å². The summed E-state index contributed by atoms with van der Waals surface area (Å²) in [5.74, 6) is 2.76. The summed E-state index contributed by atoms with van der Waals surface area (Å²) in [5.41, 5.74) is 7.97. The number of aryl methyl sites for hydroxylation is 2. The van der Waals surface area contributed by atoms with Crippen molar-refractivity contribution < 1.29 is 4.74 Å². The molecule has 1 aliphatic rings. The number of aromatic nitrogens is 2. The van der Waals surface area contributed by atoms with Crippen LogP contribution in [0.25, 0.3) is 22.5 Å². The van der Waals surface area contributed by atoms with Gasteiger partial charge in [-0.3, -0.25) is 0 Å². The number of fused-ring (bicyclic) bond motifs is 2. The van der Waals surface area contributed by atoms with Gasteiger partial charge in [-0.25, -0.2) is 9.97 Å². The average molecular weight is 511 g/mol. The van der Waals surface area contributed by atoms with Gasteiger partial charge < -0.3 is 4.74 Å². The number of allylic oxidation sites excluding steroid dienone is 2. The molecule has 194 valence electrons. The Morgan fingerprint density at radius 3 is 1.85 bits per heavy atom. The molecule has 0 spiro atoms. The van der Waals surface area contributed by atoms with Gasteiger partial charge in [0.1, 0.15) is 17.3 Å². The largest absolute Gasteiger partial charge is 0.457 e. The molecule has 0 aliphatic carbocycles. The molecule has 0 bridgehead atoms. The summed E-state index contributed by atoms with van der Waals surface area (Å²) < 4.78 is 6.08. The topological polar surface area (TPSA) is 35.0 Å². The molecule has 6 rings (SSSR count). The molecule has 2 heterocycles. The van der Waals surface area contributed by atoms with E-state index in [9.17, 15) is 0 Å². The summed E-state index contributed by atoms with van der Waals surface area (Å²) in [6.45, 7) is 8.45. The fraction of sp³-hybridized carbons (Fsp3) is 0.167. The normalized spacial score (nSPS) is 15.5. The van der Waals surface area contributed by atoms with Gasteiger partial charge in [-0.1, -0.05) is 116 Å². The lowest BCUT2D eigenvalue weighted by molar-refractivity contribution is 0.406. The Kier molecular flexibility index (Phi) is 7.69. The van der Waals surface area contributed by atoms with Gasteiger partial charge in [0.25, 0.3) is 0 Å². The highest BCUT2D eigenvalue weighted by molar-refractivity contribution is 5.67. The first-order chi connectivity index (χ1) is 19.0. The van der Waals surface area contributed by atoms with E-state index in [0.29, 0.717) is 0 Å². The van der Waals surface area contributed by atoms with E-state index >= 15 is 0 Å². The van der Waals surface area contributed by atoms with E-state index in [1.165, 1.54) is 16.7 Å². The van der Waals surface area contributed by atoms with E-state index in [2.05, 4.69) is 104 Å². The number of benzene rings is 4. The van der Waals surface area contributed by atoms with Gasteiger partial charge in [-0.2, -0.15) is 0 Å². The van der Waals surface area contributed by atoms with Crippen molar-refractivity contribution in [2.45, 2.75) is 39.5 Å². The second-order valence-electron chi connectivity index (χ2n) is 10.1. The molecule has 1 aliphatic heterocycles. The van der Waals surface area contributed by atoms with Crippen LogP contribution in [-0.4, -0.2) is 9.97 Å². The second kappa shape index (κ2) is 11.5. The van der Waals surface area contributed by atoms with E-state index in [-0.39, 0.29) is 5.41 Å². The number of para-hydroxylation sites is 1. The van der Waals surface area contributed by atoms with E-state index < -0.39 is 0 Å². The monoisotopic (exact) mass is 510 g/mol. The minimum absolute atomic E-state index is 0.0251. The minimum Gasteiger partial charge on any atom is -0.457 e. The molecular formula is C36H34N2O. The number of ether oxygens (including phenoxy) is 1. The molecular weight excluding hydrogens is 476 g/mol. The standard InChI is InChI=1S/C19H20O.C17H14N2/c1-4-5-12-19(3)15-8-6-7-9-17(15)20-18-11-10-14(2)13-16(18)19;1-13-18-16(14-8-4-2-5-9-14)12-17(19-13)15-10-6-3-7-11-15/h4-11,13H,12H2,1-3H3;2-12H,1H3/b5-4-;. The van der Waals surface area contributed by atoms with Gasteiger partial charge >= 0.3 is 0 Å². The number of hydrogen-bond acceptors (Lipinski definition) is 3. The van der Waals surface area contributed by atoms with Gasteiger partial charge in [0.05, 0.1) is 11.4 Å². The van der Waals surface area contributed by atoms with Crippen LogP contribution in [0.4, 0.5) is 0 Å². The van der Waals surface area contributed by atoms with E-state index in [1.807, 2.05) is 55.5 Å². The summed E-state index contributed by atoms with van der Waals surface area (Å²) in [4.78, 5) is 9.04. The lowest BCUT2D eigenvalue weighted by atomic mass is 9.71. The minimum atomic E-state index is -0.0251. The Bertz CT molecular complexity index is 1530. The van der Waals surface area contributed by atoms with Crippen LogP contribution in [0.15, 0.2) is 121 Å². The van der Waals surface area contributed by atoms with Crippen LogP contribution in [0.5, 0.6) is 11.5 Å². The maximum absolute atomic E-state index is 6.08. The van der Waals surface area contributed by atoms with Crippen LogP contribution < -0.4 is 4.74 Å². The van der Waals surface area contributed by atoms with Crippen molar-refractivity contribution >= 4 is 0 Å². The third-order valence-corrected chi connectivity index (χ3v) is 7.17. The van der Waals surface area contributed by atoms with Crippen molar-refractivity contribution in [3.8, 4) is 34.0 Å². The van der Waals surface area contributed by atoms with Gasteiger partial charge in [0.15, 0.2) is 0 Å². The average Bonchev–Trinajstić information content (AvgIpc) is 2.98. The lowest BCUT2D eigenvalue weighted by Gasteiger charge is -2.37. The lowest BCUT2D eigenvalue weighted by Crippen LogP contribution is -2.27. The first-order valence-electron chi connectivity index (χ1n) is 13.4. The third kappa shape index (κ3) is 5.68. The molecule has 0 fully saturated rings. The predicted octanol–water partition coefficient (Wildman–Crippen LogP) is 9.49.